The van der Waals surface area contributed by atoms with Crippen molar-refractivity contribution in [3.05, 3.63) is 96.2 Å². The number of hydrogen-bond acceptors (Lipinski definition) is 3. The van der Waals surface area contributed by atoms with E-state index < -0.39 is 0 Å². The van der Waals surface area contributed by atoms with E-state index in [0.29, 0.717) is 22.6 Å². The fraction of sp³-hybridized carbons (Fsp3) is 0.0435. The lowest BCUT2D eigenvalue weighted by Crippen LogP contribution is -2.06. The van der Waals surface area contributed by atoms with Crippen LogP contribution in [0, 0.1) is 0 Å². The molecule has 0 atom stereocenters. The number of pyridine rings is 1. The highest BCUT2D eigenvalue weighted by Gasteiger charge is 2.20. The fourth-order valence-electron chi connectivity index (χ4n) is 3.12. The van der Waals surface area contributed by atoms with Gasteiger partial charge in [0.2, 0.25) is 0 Å². The van der Waals surface area contributed by atoms with Crippen molar-refractivity contribution in [3.63, 3.8) is 0 Å². The first-order valence-electron chi connectivity index (χ1n) is 8.40. The SMILES string of the molecule is COc1cccc(C(=O)c2c(-c3ccccc3)ncc3ccccc23)c1. The van der Waals surface area contributed by atoms with Crippen LogP contribution in [0.4, 0.5) is 0 Å². The molecule has 0 aliphatic rings. The summed E-state index contributed by atoms with van der Waals surface area (Å²) in [7, 11) is 1.60. The summed E-state index contributed by atoms with van der Waals surface area (Å²) in [4.78, 5) is 18.0. The monoisotopic (exact) mass is 339 g/mol. The lowest BCUT2D eigenvalue weighted by atomic mass is 9.93. The highest BCUT2D eigenvalue weighted by atomic mass is 16.5. The molecule has 1 aromatic heterocycles. The number of fused-ring (bicyclic) bond motifs is 1. The van der Waals surface area contributed by atoms with Gasteiger partial charge in [-0.1, -0.05) is 66.7 Å². The molecule has 1 heterocycles. The number of aromatic nitrogens is 1. The third-order valence-corrected chi connectivity index (χ3v) is 4.41. The molecule has 0 unspecified atom stereocenters. The average molecular weight is 339 g/mol. The Morgan fingerprint density at radius 2 is 1.65 bits per heavy atom. The highest BCUT2D eigenvalue weighted by Crippen LogP contribution is 2.30. The highest BCUT2D eigenvalue weighted by molar-refractivity contribution is 6.19. The van der Waals surface area contributed by atoms with Gasteiger partial charge in [0, 0.05) is 22.7 Å². The molecule has 0 N–H and O–H groups in total. The number of hydrogen-bond donors (Lipinski definition) is 0. The number of benzene rings is 3. The minimum atomic E-state index is -0.0629. The lowest BCUT2D eigenvalue weighted by molar-refractivity contribution is 0.104. The molecule has 0 aliphatic carbocycles. The van der Waals surface area contributed by atoms with Crippen LogP contribution in [0.15, 0.2) is 85.1 Å². The standard InChI is InChI=1S/C23H17NO2/c1-26-19-12-7-11-17(14-19)23(25)21-20-13-6-5-10-18(20)15-24-22(21)16-8-3-2-4-9-16/h2-15H,1H3. The number of rotatable bonds is 4. The van der Waals surface area contributed by atoms with Crippen molar-refractivity contribution in [1.29, 1.82) is 0 Å². The van der Waals surface area contributed by atoms with Crippen molar-refractivity contribution < 1.29 is 9.53 Å². The van der Waals surface area contributed by atoms with Gasteiger partial charge in [-0.05, 0) is 17.5 Å². The fourth-order valence-corrected chi connectivity index (χ4v) is 3.12. The van der Waals surface area contributed by atoms with E-state index in [2.05, 4.69) is 4.98 Å². The van der Waals surface area contributed by atoms with Crippen LogP contribution in [0.3, 0.4) is 0 Å². The number of carbonyl (C=O) groups excluding carboxylic acids is 1. The molecule has 3 nitrogen and oxygen atoms in total. The summed E-state index contributed by atoms with van der Waals surface area (Å²) < 4.78 is 5.28. The van der Waals surface area contributed by atoms with Crippen LogP contribution in [-0.4, -0.2) is 17.9 Å². The van der Waals surface area contributed by atoms with E-state index in [9.17, 15) is 4.79 Å². The smallest absolute Gasteiger partial charge is 0.195 e. The van der Waals surface area contributed by atoms with Crippen LogP contribution >= 0.6 is 0 Å². The average Bonchev–Trinajstić information content (AvgIpc) is 2.73. The zero-order chi connectivity index (χ0) is 17.9. The van der Waals surface area contributed by atoms with Crippen molar-refractivity contribution in [1.82, 2.24) is 4.98 Å². The van der Waals surface area contributed by atoms with E-state index in [1.165, 1.54) is 0 Å². The maximum atomic E-state index is 13.4. The summed E-state index contributed by atoms with van der Waals surface area (Å²) >= 11 is 0. The molecule has 0 saturated carbocycles. The van der Waals surface area contributed by atoms with Crippen LogP contribution in [0.1, 0.15) is 15.9 Å². The largest absolute Gasteiger partial charge is 0.497 e. The molecule has 0 bridgehead atoms. The summed E-state index contributed by atoms with van der Waals surface area (Å²) in [5, 5.41) is 1.84. The van der Waals surface area contributed by atoms with Crippen LogP contribution in [-0.2, 0) is 0 Å². The Kier molecular flexibility index (Phi) is 4.20. The van der Waals surface area contributed by atoms with Gasteiger partial charge < -0.3 is 4.74 Å². The van der Waals surface area contributed by atoms with Gasteiger partial charge >= 0.3 is 0 Å². The Balaban J connectivity index is 1.98. The van der Waals surface area contributed by atoms with Gasteiger partial charge in [0.1, 0.15) is 5.75 Å². The summed E-state index contributed by atoms with van der Waals surface area (Å²) in [5.74, 6) is 0.595. The maximum absolute atomic E-state index is 13.4. The van der Waals surface area contributed by atoms with Crippen molar-refractivity contribution in [2.45, 2.75) is 0 Å². The molecule has 0 fully saturated rings. The second-order valence-electron chi connectivity index (χ2n) is 6.00. The molecule has 3 heteroatoms. The summed E-state index contributed by atoms with van der Waals surface area (Å²) in [5.41, 5.74) is 2.81. The minimum absolute atomic E-state index is 0.0629. The summed E-state index contributed by atoms with van der Waals surface area (Å²) in [6.45, 7) is 0. The topological polar surface area (TPSA) is 39.2 Å². The Hall–Kier alpha value is -3.46. The molecule has 0 aliphatic heterocycles. The molecule has 4 aromatic rings. The summed E-state index contributed by atoms with van der Waals surface area (Å²) in [6.07, 6.45) is 1.82. The number of methoxy groups -OCH3 is 1. The van der Waals surface area contributed by atoms with Crippen molar-refractivity contribution in [2.75, 3.05) is 7.11 Å². The molecule has 0 radical (unpaired) electrons. The molecule has 4 rings (SSSR count). The van der Waals surface area contributed by atoms with E-state index >= 15 is 0 Å². The molecule has 3 aromatic carbocycles. The van der Waals surface area contributed by atoms with E-state index in [-0.39, 0.29) is 5.78 Å². The number of ketones is 1. The Morgan fingerprint density at radius 1 is 0.885 bits per heavy atom. The predicted molar refractivity (Wildman–Crippen MR) is 104 cm³/mol. The van der Waals surface area contributed by atoms with E-state index in [0.717, 1.165) is 16.3 Å². The van der Waals surface area contributed by atoms with Crippen LogP contribution in [0.5, 0.6) is 5.75 Å². The van der Waals surface area contributed by atoms with E-state index in [1.54, 1.807) is 19.2 Å². The molecule has 0 saturated heterocycles. The van der Waals surface area contributed by atoms with Crippen LogP contribution in [0.25, 0.3) is 22.0 Å². The Bertz CT molecular complexity index is 1090. The first-order valence-corrected chi connectivity index (χ1v) is 8.40. The zero-order valence-corrected chi connectivity index (χ0v) is 14.3. The summed E-state index contributed by atoms with van der Waals surface area (Å²) in [6, 6.07) is 24.9. The maximum Gasteiger partial charge on any atom is 0.195 e. The first kappa shape index (κ1) is 16.0. The number of ether oxygens (including phenoxy) is 1. The van der Waals surface area contributed by atoms with E-state index in [1.807, 2.05) is 72.9 Å². The first-order chi connectivity index (χ1) is 12.8. The second-order valence-corrected chi connectivity index (χ2v) is 6.00. The van der Waals surface area contributed by atoms with Crippen LogP contribution in [0.2, 0.25) is 0 Å². The molecular formula is C23H17NO2. The Labute approximate surface area is 151 Å². The number of nitrogens with zero attached hydrogens (tertiary/aromatic N) is 1. The third-order valence-electron chi connectivity index (χ3n) is 4.41. The van der Waals surface area contributed by atoms with Gasteiger partial charge in [-0.25, -0.2) is 0 Å². The molecule has 26 heavy (non-hydrogen) atoms. The molecule has 0 amide bonds. The Morgan fingerprint density at radius 3 is 2.46 bits per heavy atom. The second kappa shape index (κ2) is 6.81. The molecule has 126 valence electrons. The quantitative estimate of drug-likeness (QED) is 0.483. The zero-order valence-electron chi connectivity index (χ0n) is 14.3. The van der Waals surface area contributed by atoms with Crippen molar-refractivity contribution in [3.8, 4) is 17.0 Å². The predicted octanol–water partition coefficient (Wildman–Crippen LogP) is 5.14. The van der Waals surface area contributed by atoms with Gasteiger partial charge in [-0.3, -0.25) is 9.78 Å². The molecule has 0 spiro atoms. The van der Waals surface area contributed by atoms with E-state index in [4.69, 9.17) is 4.74 Å². The van der Waals surface area contributed by atoms with Crippen molar-refractivity contribution >= 4 is 16.6 Å². The van der Waals surface area contributed by atoms with Gasteiger partial charge in [-0.15, -0.1) is 0 Å². The van der Waals surface area contributed by atoms with Crippen LogP contribution < -0.4 is 4.74 Å². The van der Waals surface area contributed by atoms with Gasteiger partial charge in [0.05, 0.1) is 18.4 Å². The van der Waals surface area contributed by atoms with Gasteiger partial charge in [-0.2, -0.15) is 0 Å². The lowest BCUT2D eigenvalue weighted by Gasteiger charge is -2.12. The molecular weight excluding hydrogens is 322 g/mol. The van der Waals surface area contributed by atoms with Crippen molar-refractivity contribution in [2.24, 2.45) is 0 Å². The third kappa shape index (κ3) is 2.84. The van der Waals surface area contributed by atoms with Gasteiger partial charge in [0.25, 0.3) is 0 Å². The normalized spacial score (nSPS) is 10.7. The number of carbonyl (C=O) groups is 1. The van der Waals surface area contributed by atoms with Gasteiger partial charge in [0.15, 0.2) is 5.78 Å². The minimum Gasteiger partial charge on any atom is -0.497 e.